The SMILES string of the molecule is CN=C(NCc1ccc(C#N)cc1)NC1CCC(C(F)(F)F)CC1.I. The Balaban J connectivity index is 0.00000312. The van der Waals surface area contributed by atoms with Gasteiger partial charge >= 0.3 is 6.18 Å². The van der Waals surface area contributed by atoms with Gasteiger partial charge in [-0.05, 0) is 43.4 Å². The zero-order valence-electron chi connectivity index (χ0n) is 13.9. The minimum absolute atomic E-state index is 0. The van der Waals surface area contributed by atoms with E-state index < -0.39 is 12.1 Å². The Bertz CT molecular complexity index is 600. The molecule has 0 amide bonds. The van der Waals surface area contributed by atoms with E-state index in [0.29, 0.717) is 30.9 Å². The van der Waals surface area contributed by atoms with E-state index in [0.717, 1.165) is 5.56 Å². The van der Waals surface area contributed by atoms with E-state index in [9.17, 15) is 13.2 Å². The second-order valence-corrected chi connectivity index (χ2v) is 5.97. The molecule has 0 aliphatic heterocycles. The minimum atomic E-state index is -4.08. The van der Waals surface area contributed by atoms with Gasteiger partial charge in [0.15, 0.2) is 5.96 Å². The number of alkyl halides is 3. The third-order valence-electron chi connectivity index (χ3n) is 4.30. The van der Waals surface area contributed by atoms with Crippen LogP contribution < -0.4 is 10.6 Å². The monoisotopic (exact) mass is 466 g/mol. The Morgan fingerprint density at radius 2 is 1.80 bits per heavy atom. The van der Waals surface area contributed by atoms with Gasteiger partial charge in [-0.2, -0.15) is 18.4 Å². The van der Waals surface area contributed by atoms with E-state index in [-0.39, 0.29) is 42.9 Å². The maximum atomic E-state index is 12.7. The van der Waals surface area contributed by atoms with Gasteiger partial charge in [0.25, 0.3) is 0 Å². The highest BCUT2D eigenvalue weighted by Crippen LogP contribution is 2.37. The molecular weight excluding hydrogens is 444 g/mol. The number of benzene rings is 1. The molecule has 0 aromatic heterocycles. The van der Waals surface area contributed by atoms with E-state index in [1.165, 1.54) is 0 Å². The largest absolute Gasteiger partial charge is 0.391 e. The van der Waals surface area contributed by atoms with Gasteiger partial charge in [-0.3, -0.25) is 4.99 Å². The molecule has 4 nitrogen and oxygen atoms in total. The summed E-state index contributed by atoms with van der Waals surface area (Å²) in [4.78, 5) is 4.12. The molecule has 1 fully saturated rings. The molecule has 1 aromatic rings. The van der Waals surface area contributed by atoms with Crippen LogP contribution in [0, 0.1) is 17.2 Å². The molecule has 0 unspecified atom stereocenters. The molecule has 0 bridgehead atoms. The zero-order valence-corrected chi connectivity index (χ0v) is 16.3. The number of hydrogen-bond acceptors (Lipinski definition) is 2. The number of halogens is 4. The van der Waals surface area contributed by atoms with Crippen molar-refractivity contribution in [1.82, 2.24) is 10.6 Å². The smallest absolute Gasteiger partial charge is 0.354 e. The number of rotatable bonds is 3. The zero-order chi connectivity index (χ0) is 17.6. The molecule has 1 saturated carbocycles. The second kappa shape index (κ2) is 9.85. The van der Waals surface area contributed by atoms with E-state index in [1.807, 2.05) is 12.1 Å². The molecule has 0 saturated heterocycles. The van der Waals surface area contributed by atoms with Gasteiger partial charge in [0.2, 0.25) is 0 Å². The summed E-state index contributed by atoms with van der Waals surface area (Å²) in [7, 11) is 1.63. The predicted octanol–water partition coefficient (Wildman–Crippen LogP) is 3.96. The van der Waals surface area contributed by atoms with Gasteiger partial charge in [0, 0.05) is 19.6 Å². The molecule has 138 valence electrons. The van der Waals surface area contributed by atoms with Crippen molar-refractivity contribution in [2.75, 3.05) is 7.05 Å². The van der Waals surface area contributed by atoms with Crippen LogP contribution in [-0.2, 0) is 6.54 Å². The molecule has 25 heavy (non-hydrogen) atoms. The van der Waals surface area contributed by atoms with Crippen LogP contribution >= 0.6 is 24.0 Å². The van der Waals surface area contributed by atoms with Crippen molar-refractivity contribution in [3.63, 3.8) is 0 Å². The Morgan fingerprint density at radius 3 is 2.28 bits per heavy atom. The summed E-state index contributed by atoms with van der Waals surface area (Å²) in [5.74, 6) is -0.598. The van der Waals surface area contributed by atoms with Crippen molar-refractivity contribution >= 4 is 29.9 Å². The number of nitriles is 1. The van der Waals surface area contributed by atoms with Crippen molar-refractivity contribution in [1.29, 1.82) is 5.26 Å². The Labute approximate surface area is 162 Å². The fourth-order valence-electron chi connectivity index (χ4n) is 2.84. The molecule has 0 heterocycles. The van der Waals surface area contributed by atoms with Crippen LogP contribution in [0.5, 0.6) is 0 Å². The van der Waals surface area contributed by atoms with Gasteiger partial charge in [-0.25, -0.2) is 0 Å². The van der Waals surface area contributed by atoms with Crippen LogP contribution in [0.1, 0.15) is 36.8 Å². The van der Waals surface area contributed by atoms with Gasteiger partial charge in [0.1, 0.15) is 0 Å². The van der Waals surface area contributed by atoms with Gasteiger partial charge in [-0.1, -0.05) is 12.1 Å². The Hall–Kier alpha value is -1.50. The summed E-state index contributed by atoms with van der Waals surface area (Å²) < 4.78 is 38.0. The summed E-state index contributed by atoms with van der Waals surface area (Å²) >= 11 is 0. The van der Waals surface area contributed by atoms with Gasteiger partial charge in [-0.15, -0.1) is 24.0 Å². The Kier molecular flexibility index (Phi) is 8.48. The number of nitrogens with zero attached hydrogens (tertiary/aromatic N) is 2. The third-order valence-corrected chi connectivity index (χ3v) is 4.30. The maximum Gasteiger partial charge on any atom is 0.391 e. The average molecular weight is 466 g/mol. The Morgan fingerprint density at radius 1 is 1.20 bits per heavy atom. The van der Waals surface area contributed by atoms with Crippen molar-refractivity contribution in [2.45, 2.75) is 44.4 Å². The lowest BCUT2D eigenvalue weighted by atomic mass is 9.85. The number of guanidine groups is 1. The van der Waals surface area contributed by atoms with E-state index >= 15 is 0 Å². The summed E-state index contributed by atoms with van der Waals surface area (Å²) in [5.41, 5.74) is 1.60. The summed E-state index contributed by atoms with van der Waals surface area (Å²) in [6.07, 6.45) is -2.79. The maximum absolute atomic E-state index is 12.7. The lowest BCUT2D eigenvalue weighted by Gasteiger charge is -2.31. The molecule has 1 aromatic carbocycles. The third kappa shape index (κ3) is 6.72. The molecular formula is C17H22F3IN4. The first-order valence-corrected chi connectivity index (χ1v) is 7.95. The number of nitrogens with one attached hydrogen (secondary N) is 2. The first-order valence-electron chi connectivity index (χ1n) is 7.95. The van der Waals surface area contributed by atoms with Gasteiger partial charge in [0.05, 0.1) is 17.6 Å². The van der Waals surface area contributed by atoms with Crippen LogP contribution in [-0.4, -0.2) is 25.2 Å². The van der Waals surface area contributed by atoms with E-state index in [2.05, 4.69) is 21.7 Å². The summed E-state index contributed by atoms with van der Waals surface area (Å²) in [6, 6.07) is 9.26. The van der Waals surface area contributed by atoms with Crippen molar-refractivity contribution < 1.29 is 13.2 Å². The minimum Gasteiger partial charge on any atom is -0.354 e. The molecule has 0 atom stereocenters. The summed E-state index contributed by atoms with van der Waals surface area (Å²) in [5, 5.41) is 15.1. The van der Waals surface area contributed by atoms with Crippen LogP contribution in [0.25, 0.3) is 0 Å². The van der Waals surface area contributed by atoms with Crippen molar-refractivity contribution in [3.8, 4) is 6.07 Å². The fraction of sp³-hybridized carbons (Fsp3) is 0.529. The normalized spacial score (nSPS) is 21.0. The van der Waals surface area contributed by atoms with Crippen LogP contribution in [0.4, 0.5) is 13.2 Å². The lowest BCUT2D eigenvalue weighted by Crippen LogP contribution is -2.45. The van der Waals surface area contributed by atoms with E-state index in [4.69, 9.17) is 5.26 Å². The molecule has 0 radical (unpaired) electrons. The highest BCUT2D eigenvalue weighted by molar-refractivity contribution is 14.0. The lowest BCUT2D eigenvalue weighted by molar-refractivity contribution is -0.182. The van der Waals surface area contributed by atoms with Crippen molar-refractivity contribution in [2.24, 2.45) is 10.9 Å². The van der Waals surface area contributed by atoms with Crippen LogP contribution in [0.15, 0.2) is 29.3 Å². The first kappa shape index (κ1) is 21.5. The average Bonchev–Trinajstić information content (AvgIpc) is 2.58. The van der Waals surface area contributed by atoms with E-state index in [1.54, 1.807) is 19.2 Å². The quantitative estimate of drug-likeness (QED) is 0.403. The molecule has 1 aliphatic rings. The molecule has 8 heteroatoms. The standard InChI is InChI=1S/C17H21F3N4.HI/c1-22-16(23-11-13-4-2-12(10-21)3-5-13)24-15-8-6-14(7-9-15)17(18,19)20;/h2-5,14-15H,6-9,11H2,1H3,(H2,22,23,24);1H. The second-order valence-electron chi connectivity index (χ2n) is 5.97. The van der Waals surface area contributed by atoms with Crippen LogP contribution in [0.2, 0.25) is 0 Å². The fourth-order valence-corrected chi connectivity index (χ4v) is 2.84. The molecule has 2 rings (SSSR count). The number of aliphatic imine (C=N–C) groups is 1. The predicted molar refractivity (Wildman–Crippen MR) is 102 cm³/mol. The topological polar surface area (TPSA) is 60.2 Å². The molecule has 2 N–H and O–H groups in total. The van der Waals surface area contributed by atoms with Gasteiger partial charge < -0.3 is 10.6 Å². The van der Waals surface area contributed by atoms with Crippen molar-refractivity contribution in [3.05, 3.63) is 35.4 Å². The van der Waals surface area contributed by atoms with Crippen LogP contribution in [0.3, 0.4) is 0 Å². The molecule has 1 aliphatic carbocycles. The highest BCUT2D eigenvalue weighted by atomic mass is 127. The molecule has 0 spiro atoms. The number of hydrogen-bond donors (Lipinski definition) is 2. The highest BCUT2D eigenvalue weighted by Gasteiger charge is 2.41. The summed E-state index contributed by atoms with van der Waals surface area (Å²) in [6.45, 7) is 0.531. The first-order chi connectivity index (χ1) is 11.4.